The third-order valence-corrected chi connectivity index (χ3v) is 4.00. The number of hydrogen-bond donors (Lipinski definition) is 1. The Morgan fingerprint density at radius 1 is 1.19 bits per heavy atom. The zero-order valence-electron chi connectivity index (χ0n) is 11.2. The molecule has 1 heterocycles. The summed E-state index contributed by atoms with van der Waals surface area (Å²) in [5, 5.41) is 4.56. The smallest absolute Gasteiger partial charge is 0.177 e. The highest BCUT2D eigenvalue weighted by Crippen LogP contribution is 2.39. The molecule has 1 aromatic heterocycles. The van der Waals surface area contributed by atoms with E-state index in [0.717, 1.165) is 26.7 Å². The van der Waals surface area contributed by atoms with E-state index in [1.165, 1.54) is 0 Å². The molecule has 0 fully saturated rings. The summed E-state index contributed by atoms with van der Waals surface area (Å²) >= 11 is 9.55. The number of hydrogen-bond acceptors (Lipinski definition) is 3. The minimum Gasteiger partial charge on any atom is -0.380 e. The molecule has 0 saturated carbocycles. The number of aromatic nitrogens is 1. The van der Waals surface area contributed by atoms with Crippen LogP contribution < -0.4 is 5.73 Å². The largest absolute Gasteiger partial charge is 0.380 e. The van der Waals surface area contributed by atoms with Crippen molar-refractivity contribution in [3.63, 3.8) is 0 Å². The van der Waals surface area contributed by atoms with Gasteiger partial charge in [0.25, 0.3) is 0 Å². The summed E-state index contributed by atoms with van der Waals surface area (Å²) in [4.78, 5) is 0. The second-order valence-electron chi connectivity index (χ2n) is 4.74. The summed E-state index contributed by atoms with van der Waals surface area (Å²) in [6.07, 6.45) is 0. The van der Waals surface area contributed by atoms with Gasteiger partial charge >= 0.3 is 0 Å². The Kier molecular flexibility index (Phi) is 3.74. The fraction of sp³-hybridized carbons (Fsp3) is 0.0625. The number of rotatable bonds is 2. The molecule has 3 rings (SSSR count). The summed E-state index contributed by atoms with van der Waals surface area (Å²) in [5.74, 6) is 1.00. The van der Waals surface area contributed by atoms with Crippen molar-refractivity contribution in [1.29, 1.82) is 0 Å². The van der Waals surface area contributed by atoms with Crippen LogP contribution in [0.5, 0.6) is 0 Å². The molecule has 0 saturated heterocycles. The molecule has 0 radical (unpaired) electrons. The van der Waals surface area contributed by atoms with Gasteiger partial charge < -0.3 is 10.3 Å². The van der Waals surface area contributed by atoms with E-state index in [-0.39, 0.29) is 0 Å². The first kappa shape index (κ1) is 14.2. The van der Waals surface area contributed by atoms with Gasteiger partial charge in [0.05, 0.1) is 5.56 Å². The molecule has 106 valence electrons. The lowest BCUT2D eigenvalue weighted by Crippen LogP contribution is -1.90. The van der Waals surface area contributed by atoms with Gasteiger partial charge in [0.2, 0.25) is 0 Å². The summed E-state index contributed by atoms with van der Waals surface area (Å²) in [5.41, 5.74) is 9.67. The van der Waals surface area contributed by atoms with Gasteiger partial charge in [-0.05, 0) is 42.3 Å². The fourth-order valence-electron chi connectivity index (χ4n) is 2.25. The van der Waals surface area contributed by atoms with Crippen LogP contribution in [0.3, 0.4) is 0 Å². The first-order chi connectivity index (χ1) is 10.1. The number of benzene rings is 2. The van der Waals surface area contributed by atoms with Crippen LogP contribution in [0.1, 0.15) is 5.56 Å². The lowest BCUT2D eigenvalue weighted by atomic mass is 9.99. The highest BCUT2D eigenvalue weighted by Gasteiger charge is 2.19. The Morgan fingerprint density at radius 3 is 2.76 bits per heavy atom. The molecule has 0 amide bonds. The van der Waals surface area contributed by atoms with Gasteiger partial charge in [0.1, 0.15) is 0 Å². The molecule has 21 heavy (non-hydrogen) atoms. The number of halogens is 2. The second kappa shape index (κ2) is 5.54. The van der Waals surface area contributed by atoms with E-state index in [9.17, 15) is 0 Å². The third-order valence-electron chi connectivity index (χ3n) is 3.28. The van der Waals surface area contributed by atoms with E-state index in [2.05, 4.69) is 21.1 Å². The average molecular weight is 364 g/mol. The van der Waals surface area contributed by atoms with Gasteiger partial charge in [-0.15, -0.1) is 0 Å². The number of aryl methyl sites for hydroxylation is 1. The highest BCUT2D eigenvalue weighted by molar-refractivity contribution is 9.10. The summed E-state index contributed by atoms with van der Waals surface area (Å²) in [6, 6.07) is 13.5. The quantitative estimate of drug-likeness (QED) is 0.671. The van der Waals surface area contributed by atoms with E-state index in [1.807, 2.05) is 49.4 Å². The summed E-state index contributed by atoms with van der Waals surface area (Å²) in [6.45, 7) is 2.02. The fourth-order valence-corrected chi connectivity index (χ4v) is 2.80. The first-order valence-corrected chi connectivity index (χ1v) is 7.51. The third kappa shape index (κ3) is 2.69. The van der Waals surface area contributed by atoms with Crippen LogP contribution in [0.25, 0.3) is 22.5 Å². The Morgan fingerprint density at radius 2 is 2.00 bits per heavy atom. The van der Waals surface area contributed by atoms with Crippen LogP contribution in [-0.4, -0.2) is 5.16 Å². The molecular formula is C16H12BrClN2O. The van der Waals surface area contributed by atoms with Crippen molar-refractivity contribution in [3.8, 4) is 22.5 Å². The van der Waals surface area contributed by atoms with Crippen molar-refractivity contribution in [2.75, 3.05) is 5.73 Å². The monoisotopic (exact) mass is 362 g/mol. The van der Waals surface area contributed by atoms with Gasteiger partial charge in [-0.1, -0.05) is 50.9 Å². The molecular weight excluding hydrogens is 352 g/mol. The molecule has 0 atom stereocenters. The Bertz CT molecular complexity index is 814. The molecule has 0 aliphatic carbocycles. The van der Waals surface area contributed by atoms with Crippen molar-refractivity contribution in [2.45, 2.75) is 6.92 Å². The number of nitrogens with zero attached hydrogens (tertiary/aromatic N) is 1. The van der Waals surface area contributed by atoms with Gasteiger partial charge in [-0.25, -0.2) is 0 Å². The predicted molar refractivity (Wildman–Crippen MR) is 89.2 cm³/mol. The molecule has 2 N–H and O–H groups in total. The molecule has 0 aliphatic heterocycles. The maximum absolute atomic E-state index is 6.07. The normalized spacial score (nSPS) is 10.8. The Balaban J connectivity index is 2.24. The van der Waals surface area contributed by atoms with Crippen molar-refractivity contribution >= 4 is 33.3 Å². The Hall–Kier alpha value is -1.78. The topological polar surface area (TPSA) is 52.0 Å². The highest BCUT2D eigenvalue weighted by atomic mass is 79.9. The number of anilines is 1. The standard InChI is InChI=1S/C16H12BrClN2O/c1-9-5-6-11(17)8-13(9)15-14(16(19)20-21-15)10-3-2-4-12(18)7-10/h2-8H,1H3,(H2,19,20). The zero-order chi connectivity index (χ0) is 15.0. The minimum absolute atomic E-state index is 0.353. The van der Waals surface area contributed by atoms with E-state index in [1.54, 1.807) is 0 Å². The van der Waals surface area contributed by atoms with Crippen molar-refractivity contribution in [2.24, 2.45) is 0 Å². The maximum Gasteiger partial charge on any atom is 0.177 e. The molecule has 2 aromatic carbocycles. The predicted octanol–water partition coefficient (Wildman–Crippen LogP) is 5.32. The molecule has 0 unspecified atom stereocenters. The molecule has 0 bridgehead atoms. The van der Waals surface area contributed by atoms with E-state index >= 15 is 0 Å². The van der Waals surface area contributed by atoms with Crippen LogP contribution in [0.4, 0.5) is 5.82 Å². The zero-order valence-corrected chi connectivity index (χ0v) is 13.6. The van der Waals surface area contributed by atoms with Crippen molar-refractivity contribution < 1.29 is 4.52 Å². The van der Waals surface area contributed by atoms with Gasteiger partial charge in [0.15, 0.2) is 11.6 Å². The Labute approximate surface area is 135 Å². The van der Waals surface area contributed by atoms with Crippen LogP contribution in [0.15, 0.2) is 51.5 Å². The average Bonchev–Trinajstić information content (AvgIpc) is 2.83. The van der Waals surface area contributed by atoms with Gasteiger partial charge in [-0.3, -0.25) is 0 Å². The molecule has 0 aliphatic rings. The first-order valence-electron chi connectivity index (χ1n) is 6.34. The van der Waals surface area contributed by atoms with Crippen molar-refractivity contribution in [1.82, 2.24) is 5.16 Å². The SMILES string of the molecule is Cc1ccc(Br)cc1-c1onc(N)c1-c1cccc(Cl)c1. The van der Waals surface area contributed by atoms with Gasteiger partial charge in [-0.2, -0.15) is 0 Å². The molecule has 3 nitrogen and oxygen atoms in total. The lowest BCUT2D eigenvalue weighted by Gasteiger charge is -2.06. The maximum atomic E-state index is 6.07. The van der Waals surface area contributed by atoms with Crippen LogP contribution in [-0.2, 0) is 0 Å². The van der Waals surface area contributed by atoms with Crippen LogP contribution >= 0.6 is 27.5 Å². The minimum atomic E-state index is 0.353. The van der Waals surface area contributed by atoms with E-state index < -0.39 is 0 Å². The van der Waals surface area contributed by atoms with Crippen LogP contribution in [0.2, 0.25) is 5.02 Å². The van der Waals surface area contributed by atoms with Crippen molar-refractivity contribution in [3.05, 3.63) is 57.5 Å². The molecule has 0 spiro atoms. The lowest BCUT2D eigenvalue weighted by molar-refractivity contribution is 0.436. The number of nitrogens with two attached hydrogens (primary N) is 1. The van der Waals surface area contributed by atoms with E-state index in [4.69, 9.17) is 21.9 Å². The molecule has 5 heteroatoms. The van der Waals surface area contributed by atoms with Gasteiger partial charge in [0, 0.05) is 15.1 Å². The van der Waals surface area contributed by atoms with Crippen LogP contribution in [0, 0.1) is 6.92 Å². The summed E-state index contributed by atoms with van der Waals surface area (Å²) < 4.78 is 6.44. The number of nitrogen functional groups attached to an aromatic ring is 1. The second-order valence-corrected chi connectivity index (χ2v) is 6.09. The summed E-state index contributed by atoms with van der Waals surface area (Å²) in [7, 11) is 0. The molecule has 3 aromatic rings. The van der Waals surface area contributed by atoms with E-state index in [0.29, 0.717) is 16.6 Å².